The second-order valence-corrected chi connectivity index (χ2v) is 5.26. The van der Waals surface area contributed by atoms with E-state index in [0.29, 0.717) is 5.92 Å². The molecule has 0 fully saturated rings. The number of anilines is 2. The maximum Gasteiger partial charge on any atom is 0.135 e. The largest absolute Gasteiger partial charge is 0.370 e. The van der Waals surface area contributed by atoms with Crippen LogP contribution in [0.15, 0.2) is 24.8 Å². The molecule has 114 valence electrons. The SMILES string of the molecule is CCCNc1ncnc(NCCn2cccn2)c1C(C)C. The fourth-order valence-electron chi connectivity index (χ4n) is 2.19. The van der Waals surface area contributed by atoms with Crippen LogP contribution in [0.25, 0.3) is 0 Å². The molecule has 0 saturated heterocycles. The molecule has 0 unspecified atom stereocenters. The van der Waals surface area contributed by atoms with E-state index in [9.17, 15) is 0 Å². The number of hydrogen-bond acceptors (Lipinski definition) is 5. The minimum absolute atomic E-state index is 0.359. The quantitative estimate of drug-likeness (QED) is 0.781. The summed E-state index contributed by atoms with van der Waals surface area (Å²) in [7, 11) is 0. The molecule has 0 saturated carbocycles. The first-order valence-corrected chi connectivity index (χ1v) is 7.52. The van der Waals surface area contributed by atoms with Crippen molar-refractivity contribution in [2.24, 2.45) is 0 Å². The Balaban J connectivity index is 2.06. The summed E-state index contributed by atoms with van der Waals surface area (Å²) in [6.07, 6.45) is 6.43. The van der Waals surface area contributed by atoms with Gasteiger partial charge in [0.2, 0.25) is 0 Å². The first-order chi connectivity index (χ1) is 10.2. The van der Waals surface area contributed by atoms with Gasteiger partial charge < -0.3 is 10.6 Å². The zero-order valence-electron chi connectivity index (χ0n) is 13.0. The fraction of sp³-hybridized carbons (Fsp3) is 0.533. The van der Waals surface area contributed by atoms with Crippen molar-refractivity contribution in [3.8, 4) is 0 Å². The summed E-state index contributed by atoms with van der Waals surface area (Å²) < 4.78 is 1.90. The van der Waals surface area contributed by atoms with E-state index in [4.69, 9.17) is 0 Å². The molecule has 0 radical (unpaired) electrons. The summed E-state index contributed by atoms with van der Waals surface area (Å²) in [4.78, 5) is 8.77. The van der Waals surface area contributed by atoms with Gasteiger partial charge in [-0.3, -0.25) is 4.68 Å². The van der Waals surface area contributed by atoms with E-state index in [2.05, 4.69) is 46.5 Å². The lowest BCUT2D eigenvalue weighted by Gasteiger charge is -2.17. The zero-order chi connectivity index (χ0) is 15.1. The Morgan fingerprint density at radius 3 is 2.43 bits per heavy atom. The molecule has 2 heterocycles. The highest BCUT2D eigenvalue weighted by Crippen LogP contribution is 2.28. The Morgan fingerprint density at radius 1 is 1.14 bits per heavy atom. The van der Waals surface area contributed by atoms with Crippen molar-refractivity contribution >= 4 is 11.6 Å². The van der Waals surface area contributed by atoms with Gasteiger partial charge in [-0.1, -0.05) is 20.8 Å². The van der Waals surface area contributed by atoms with Gasteiger partial charge in [-0.25, -0.2) is 9.97 Å². The summed E-state index contributed by atoms with van der Waals surface area (Å²) in [5.41, 5.74) is 1.14. The molecule has 2 N–H and O–H groups in total. The van der Waals surface area contributed by atoms with Gasteiger partial charge in [-0.05, 0) is 18.4 Å². The van der Waals surface area contributed by atoms with Crippen molar-refractivity contribution in [3.05, 3.63) is 30.4 Å². The predicted molar refractivity (Wildman–Crippen MR) is 85.6 cm³/mol. The predicted octanol–water partition coefficient (Wildman–Crippen LogP) is 2.73. The third-order valence-corrected chi connectivity index (χ3v) is 3.20. The summed E-state index contributed by atoms with van der Waals surface area (Å²) >= 11 is 0. The average Bonchev–Trinajstić information content (AvgIpc) is 2.98. The first kappa shape index (κ1) is 15.3. The Hall–Kier alpha value is -2.11. The molecule has 0 aromatic carbocycles. The molecular formula is C15H24N6. The number of hydrogen-bond donors (Lipinski definition) is 2. The molecule has 0 atom stereocenters. The monoisotopic (exact) mass is 288 g/mol. The van der Waals surface area contributed by atoms with Crippen LogP contribution in [0.3, 0.4) is 0 Å². The molecule has 0 aliphatic rings. The number of aromatic nitrogens is 4. The van der Waals surface area contributed by atoms with Crippen LogP contribution in [0.5, 0.6) is 0 Å². The van der Waals surface area contributed by atoms with E-state index >= 15 is 0 Å². The molecular weight excluding hydrogens is 264 g/mol. The fourth-order valence-corrected chi connectivity index (χ4v) is 2.19. The van der Waals surface area contributed by atoms with Crippen LogP contribution in [0, 0.1) is 0 Å². The van der Waals surface area contributed by atoms with E-state index in [1.165, 1.54) is 0 Å². The molecule has 21 heavy (non-hydrogen) atoms. The van der Waals surface area contributed by atoms with Crippen molar-refractivity contribution < 1.29 is 0 Å². The Morgan fingerprint density at radius 2 is 1.86 bits per heavy atom. The molecule has 0 amide bonds. The topological polar surface area (TPSA) is 67.7 Å². The minimum Gasteiger partial charge on any atom is -0.370 e. The van der Waals surface area contributed by atoms with Crippen molar-refractivity contribution in [1.29, 1.82) is 0 Å². The van der Waals surface area contributed by atoms with Gasteiger partial charge in [0.25, 0.3) is 0 Å². The zero-order valence-corrected chi connectivity index (χ0v) is 13.0. The highest BCUT2D eigenvalue weighted by Gasteiger charge is 2.14. The maximum absolute atomic E-state index is 4.40. The lowest BCUT2D eigenvalue weighted by molar-refractivity contribution is 0.636. The van der Waals surface area contributed by atoms with Crippen LogP contribution in [0.1, 0.15) is 38.7 Å². The molecule has 6 heteroatoms. The van der Waals surface area contributed by atoms with Crippen molar-refractivity contribution in [2.75, 3.05) is 23.7 Å². The van der Waals surface area contributed by atoms with Crippen LogP contribution in [0.2, 0.25) is 0 Å². The van der Waals surface area contributed by atoms with Gasteiger partial charge in [-0.2, -0.15) is 5.10 Å². The normalized spacial score (nSPS) is 10.9. The van der Waals surface area contributed by atoms with E-state index in [1.807, 2.05) is 16.9 Å². The maximum atomic E-state index is 4.40. The van der Waals surface area contributed by atoms with Crippen LogP contribution < -0.4 is 10.6 Å². The number of nitrogens with zero attached hydrogens (tertiary/aromatic N) is 4. The Bertz CT molecular complexity index is 535. The average molecular weight is 288 g/mol. The molecule has 0 aliphatic heterocycles. The van der Waals surface area contributed by atoms with E-state index in [0.717, 1.165) is 43.3 Å². The van der Waals surface area contributed by atoms with Gasteiger partial charge in [-0.15, -0.1) is 0 Å². The van der Waals surface area contributed by atoms with Crippen molar-refractivity contribution in [3.63, 3.8) is 0 Å². The van der Waals surface area contributed by atoms with Gasteiger partial charge in [0.1, 0.15) is 18.0 Å². The lowest BCUT2D eigenvalue weighted by Crippen LogP contribution is -2.15. The Kier molecular flexibility index (Phi) is 5.54. The standard InChI is InChI=1S/C15H24N6/c1-4-6-16-14-13(12(2)3)15(19-11-18-14)17-8-10-21-9-5-7-20-21/h5,7,9,11-12H,4,6,8,10H2,1-3H3,(H2,16,17,18,19). The summed E-state index contributed by atoms with van der Waals surface area (Å²) in [6, 6.07) is 1.93. The third kappa shape index (κ3) is 4.18. The van der Waals surface area contributed by atoms with Crippen molar-refractivity contribution in [1.82, 2.24) is 19.7 Å². The van der Waals surface area contributed by atoms with E-state index in [-0.39, 0.29) is 0 Å². The van der Waals surface area contributed by atoms with Gasteiger partial charge in [0.05, 0.1) is 6.54 Å². The summed E-state index contributed by atoms with van der Waals surface area (Å²) in [5.74, 6) is 2.20. The molecule has 2 aromatic heterocycles. The van der Waals surface area contributed by atoms with Gasteiger partial charge in [0.15, 0.2) is 0 Å². The Labute approximate surface area is 126 Å². The smallest absolute Gasteiger partial charge is 0.135 e. The van der Waals surface area contributed by atoms with Crippen LogP contribution >= 0.6 is 0 Å². The molecule has 6 nitrogen and oxygen atoms in total. The summed E-state index contributed by atoms with van der Waals surface area (Å²) in [5, 5.41) is 11.0. The van der Waals surface area contributed by atoms with Crippen molar-refractivity contribution in [2.45, 2.75) is 39.7 Å². The van der Waals surface area contributed by atoms with E-state index < -0.39 is 0 Å². The molecule has 0 spiro atoms. The van der Waals surface area contributed by atoms with Crippen LogP contribution in [-0.4, -0.2) is 32.8 Å². The summed E-state index contributed by atoms with van der Waals surface area (Å²) in [6.45, 7) is 8.98. The van der Waals surface area contributed by atoms with Crippen LogP contribution in [-0.2, 0) is 6.54 Å². The first-order valence-electron chi connectivity index (χ1n) is 7.52. The van der Waals surface area contributed by atoms with Gasteiger partial charge in [0, 0.05) is 31.0 Å². The second kappa shape index (κ2) is 7.61. The van der Waals surface area contributed by atoms with E-state index in [1.54, 1.807) is 12.5 Å². The number of rotatable bonds is 8. The molecule has 0 bridgehead atoms. The third-order valence-electron chi connectivity index (χ3n) is 3.20. The highest BCUT2D eigenvalue weighted by atomic mass is 15.3. The van der Waals surface area contributed by atoms with Crippen LogP contribution in [0.4, 0.5) is 11.6 Å². The lowest BCUT2D eigenvalue weighted by atomic mass is 10.0. The molecule has 0 aliphatic carbocycles. The molecule has 2 aromatic rings. The highest BCUT2D eigenvalue weighted by molar-refractivity contribution is 5.58. The van der Waals surface area contributed by atoms with Gasteiger partial charge >= 0.3 is 0 Å². The molecule has 2 rings (SSSR count). The second-order valence-electron chi connectivity index (χ2n) is 5.26. The number of nitrogens with one attached hydrogen (secondary N) is 2. The minimum atomic E-state index is 0.359.